The molecule has 38 heavy (non-hydrogen) atoms. The lowest BCUT2D eigenvalue weighted by atomic mass is 9.58. The molecule has 0 aliphatic heterocycles. The molecular formula is C35H54F2O. The number of ether oxygens (including phenoxy) is 1. The van der Waals surface area contributed by atoms with Crippen LogP contribution in [0.25, 0.3) is 0 Å². The van der Waals surface area contributed by atoms with Crippen LogP contribution in [0.3, 0.4) is 0 Å². The lowest BCUT2D eigenvalue weighted by molar-refractivity contribution is 0.0351. The normalized spacial score (nSPS) is 36.0. The standard InChI is InChI=1S/C35H54F2O/c1-3-5-24-7-11-26(12-8-24)29-15-17-32-22-30(16-18-31(32)21-29)27-13-9-25(10-14-27)23-38-33-20-19-28(6-4-2)34(36)35(33)37/h19-20,24-27,29-32H,3-18,21-23H2,1-2H3. The fourth-order valence-electron chi connectivity index (χ4n) is 9.35. The number of rotatable bonds is 9. The van der Waals surface area contributed by atoms with E-state index in [1.807, 2.05) is 6.92 Å². The maximum Gasteiger partial charge on any atom is 0.200 e. The van der Waals surface area contributed by atoms with Gasteiger partial charge in [-0.3, -0.25) is 0 Å². The Morgan fingerprint density at radius 3 is 1.63 bits per heavy atom. The zero-order valence-corrected chi connectivity index (χ0v) is 24.4. The van der Waals surface area contributed by atoms with Crippen LogP contribution in [0.1, 0.15) is 129 Å². The molecule has 214 valence electrons. The van der Waals surface area contributed by atoms with Crippen molar-refractivity contribution in [2.75, 3.05) is 6.61 Å². The highest BCUT2D eigenvalue weighted by Gasteiger charge is 2.41. The van der Waals surface area contributed by atoms with Crippen LogP contribution < -0.4 is 4.74 Å². The molecular weight excluding hydrogens is 474 g/mol. The lowest BCUT2D eigenvalue weighted by Gasteiger charge is -2.47. The number of fused-ring (bicyclic) bond motifs is 1. The van der Waals surface area contributed by atoms with E-state index in [-0.39, 0.29) is 5.75 Å². The maximum absolute atomic E-state index is 14.5. The van der Waals surface area contributed by atoms with Crippen LogP contribution in [-0.2, 0) is 6.42 Å². The Morgan fingerprint density at radius 1 is 0.605 bits per heavy atom. The van der Waals surface area contributed by atoms with Crippen LogP contribution in [0, 0.1) is 59.0 Å². The molecule has 1 aromatic carbocycles. The van der Waals surface area contributed by atoms with E-state index in [1.165, 1.54) is 96.3 Å². The third kappa shape index (κ3) is 6.77. The van der Waals surface area contributed by atoms with Crippen molar-refractivity contribution in [3.63, 3.8) is 0 Å². The van der Waals surface area contributed by atoms with Gasteiger partial charge in [0.25, 0.3) is 0 Å². The van der Waals surface area contributed by atoms with Gasteiger partial charge in [-0.2, -0.15) is 4.39 Å². The van der Waals surface area contributed by atoms with Gasteiger partial charge in [0.15, 0.2) is 11.6 Å². The zero-order chi connectivity index (χ0) is 26.5. The number of benzene rings is 1. The highest BCUT2D eigenvalue weighted by atomic mass is 19.2. The van der Waals surface area contributed by atoms with Crippen molar-refractivity contribution in [2.24, 2.45) is 47.3 Å². The first-order valence-corrected chi connectivity index (χ1v) is 16.6. The predicted molar refractivity (Wildman–Crippen MR) is 153 cm³/mol. The summed E-state index contributed by atoms with van der Waals surface area (Å²) in [6.45, 7) is 4.85. The van der Waals surface area contributed by atoms with Gasteiger partial charge in [0, 0.05) is 0 Å². The van der Waals surface area contributed by atoms with Gasteiger partial charge in [0.1, 0.15) is 0 Å². The van der Waals surface area contributed by atoms with Crippen molar-refractivity contribution >= 4 is 0 Å². The SMILES string of the molecule is CCCc1ccc(OCC2CCC(C3CCC4CC(C5CCC(CCC)CC5)CCC4C3)CC2)c(F)c1F. The summed E-state index contributed by atoms with van der Waals surface area (Å²) < 4.78 is 34.5. The smallest absolute Gasteiger partial charge is 0.200 e. The first kappa shape index (κ1) is 28.4. The topological polar surface area (TPSA) is 9.23 Å². The van der Waals surface area contributed by atoms with E-state index < -0.39 is 11.6 Å². The molecule has 3 heteroatoms. The Hall–Kier alpha value is -1.12. The van der Waals surface area contributed by atoms with Crippen molar-refractivity contribution in [3.8, 4) is 5.75 Å². The van der Waals surface area contributed by atoms with E-state index in [0.29, 0.717) is 24.5 Å². The fraction of sp³-hybridized carbons (Fsp3) is 0.829. The van der Waals surface area contributed by atoms with Gasteiger partial charge in [0.2, 0.25) is 5.82 Å². The molecule has 0 N–H and O–H groups in total. The van der Waals surface area contributed by atoms with Gasteiger partial charge in [-0.1, -0.05) is 52.0 Å². The predicted octanol–water partition coefficient (Wildman–Crippen LogP) is 10.5. The molecule has 0 spiro atoms. The van der Waals surface area contributed by atoms with Crippen LogP contribution in [0.15, 0.2) is 12.1 Å². The molecule has 5 rings (SSSR count). The number of hydrogen-bond acceptors (Lipinski definition) is 1. The molecule has 0 radical (unpaired) electrons. The van der Waals surface area contributed by atoms with E-state index in [2.05, 4.69) is 6.92 Å². The molecule has 4 fully saturated rings. The summed E-state index contributed by atoms with van der Waals surface area (Å²) in [6, 6.07) is 3.32. The van der Waals surface area contributed by atoms with E-state index >= 15 is 0 Å². The molecule has 4 atom stereocenters. The van der Waals surface area contributed by atoms with Crippen LogP contribution in [0.2, 0.25) is 0 Å². The minimum atomic E-state index is -0.805. The van der Waals surface area contributed by atoms with Gasteiger partial charge < -0.3 is 4.74 Å². The van der Waals surface area contributed by atoms with Crippen molar-refractivity contribution in [3.05, 3.63) is 29.3 Å². The quantitative estimate of drug-likeness (QED) is 0.310. The first-order valence-electron chi connectivity index (χ1n) is 16.6. The van der Waals surface area contributed by atoms with E-state index in [4.69, 9.17) is 4.74 Å². The van der Waals surface area contributed by atoms with Gasteiger partial charge in [-0.25, -0.2) is 4.39 Å². The molecule has 0 amide bonds. The van der Waals surface area contributed by atoms with Crippen molar-refractivity contribution in [2.45, 2.75) is 129 Å². The Labute approximate surface area is 231 Å². The summed E-state index contributed by atoms with van der Waals surface area (Å²) >= 11 is 0. The molecule has 4 unspecified atom stereocenters. The van der Waals surface area contributed by atoms with E-state index in [9.17, 15) is 8.78 Å². The van der Waals surface area contributed by atoms with Crippen LogP contribution in [-0.4, -0.2) is 6.61 Å². The van der Waals surface area contributed by atoms with Gasteiger partial charge in [-0.15, -0.1) is 0 Å². The Kier molecular flexibility index (Phi) is 10.1. The van der Waals surface area contributed by atoms with Gasteiger partial charge >= 0.3 is 0 Å². The number of hydrogen-bond donors (Lipinski definition) is 0. The minimum absolute atomic E-state index is 0.0902. The highest BCUT2D eigenvalue weighted by molar-refractivity contribution is 5.31. The third-order valence-electron chi connectivity index (χ3n) is 11.6. The number of halogens is 2. The average Bonchev–Trinajstić information content (AvgIpc) is 2.95. The molecule has 0 bridgehead atoms. The molecule has 0 aromatic heterocycles. The summed E-state index contributed by atoms with van der Waals surface area (Å²) in [4.78, 5) is 0. The average molecular weight is 529 g/mol. The Morgan fingerprint density at radius 2 is 1.11 bits per heavy atom. The summed E-state index contributed by atoms with van der Waals surface area (Å²) in [5, 5.41) is 0. The zero-order valence-electron chi connectivity index (χ0n) is 24.4. The molecule has 0 saturated heterocycles. The molecule has 1 nitrogen and oxygen atoms in total. The third-order valence-corrected chi connectivity index (χ3v) is 11.6. The van der Waals surface area contributed by atoms with Crippen LogP contribution >= 0.6 is 0 Å². The second-order valence-corrected chi connectivity index (χ2v) is 13.9. The first-order chi connectivity index (χ1) is 18.6. The summed E-state index contributed by atoms with van der Waals surface area (Å²) in [7, 11) is 0. The lowest BCUT2D eigenvalue weighted by Crippen LogP contribution is -2.37. The fourth-order valence-corrected chi connectivity index (χ4v) is 9.35. The van der Waals surface area contributed by atoms with Crippen molar-refractivity contribution in [1.29, 1.82) is 0 Å². The van der Waals surface area contributed by atoms with Crippen molar-refractivity contribution < 1.29 is 13.5 Å². The van der Waals surface area contributed by atoms with E-state index in [0.717, 1.165) is 47.8 Å². The second kappa shape index (κ2) is 13.5. The van der Waals surface area contributed by atoms with E-state index in [1.54, 1.807) is 18.6 Å². The molecule has 4 aliphatic carbocycles. The monoisotopic (exact) mass is 528 g/mol. The summed E-state index contributed by atoms with van der Waals surface area (Å²) in [6.07, 6.45) is 24.2. The maximum atomic E-state index is 14.5. The molecule has 0 heterocycles. The summed E-state index contributed by atoms with van der Waals surface area (Å²) in [5.74, 6) is 5.96. The molecule has 4 saturated carbocycles. The Bertz CT molecular complexity index is 867. The van der Waals surface area contributed by atoms with Gasteiger partial charge in [-0.05, 0) is 142 Å². The van der Waals surface area contributed by atoms with Crippen LogP contribution in [0.5, 0.6) is 5.75 Å². The Balaban J connectivity index is 1.03. The number of aryl methyl sites for hydroxylation is 1. The van der Waals surface area contributed by atoms with Crippen molar-refractivity contribution in [1.82, 2.24) is 0 Å². The second-order valence-electron chi connectivity index (χ2n) is 13.9. The van der Waals surface area contributed by atoms with Crippen LogP contribution in [0.4, 0.5) is 8.78 Å². The minimum Gasteiger partial charge on any atom is -0.490 e. The summed E-state index contributed by atoms with van der Waals surface area (Å²) in [5.41, 5.74) is 0.454. The largest absolute Gasteiger partial charge is 0.490 e. The van der Waals surface area contributed by atoms with Gasteiger partial charge in [0.05, 0.1) is 6.61 Å². The molecule has 1 aromatic rings. The highest BCUT2D eigenvalue weighted by Crippen LogP contribution is 2.51. The molecule has 4 aliphatic rings.